The monoisotopic (exact) mass is 727 g/mol. The Bertz CT molecular complexity index is 1400. The van der Waals surface area contributed by atoms with Crippen molar-refractivity contribution >= 4 is 29.5 Å². The molecule has 2 heterocycles. The number of carbonyl (C=O) groups excluding carboxylic acids is 5. The van der Waals surface area contributed by atoms with Crippen molar-refractivity contribution in [3.8, 4) is 0 Å². The molecule has 6 aliphatic rings. The van der Waals surface area contributed by atoms with Crippen molar-refractivity contribution in [3.63, 3.8) is 0 Å². The molecule has 2 saturated heterocycles. The smallest absolute Gasteiger partial charge is 0.315 e. The fraction of sp³-hybridized carbons (Fsp3) is 0.875. The topological polar surface area (TPSA) is 163 Å². The van der Waals surface area contributed by atoms with E-state index in [9.17, 15) is 24.0 Å². The standard InChI is InChI=1S/C40H66N6O6/c1-25-21-45(22-26(2)52-25)23-38(15-9-8-10-16-38)44-35(51)43-31(36(3,4)5)34(50)46-24-40(37(6,7)39(40)17-12-18-39)20-29(46)33(49)42-28(30(47)32(41)48)19-27-13-11-14-27/h25-29,31H,8-24H2,1-7H3,(H2,41,48)(H,42,49)(H2,43,44,51)/t25-,26-,28?,29-,31+,40?/m0/s1. The van der Waals surface area contributed by atoms with Gasteiger partial charge < -0.3 is 31.3 Å². The summed E-state index contributed by atoms with van der Waals surface area (Å²) in [5.41, 5.74) is 4.12. The Labute approximate surface area is 310 Å². The second kappa shape index (κ2) is 14.2. The Morgan fingerprint density at radius 2 is 1.50 bits per heavy atom. The molecule has 6 fully saturated rings. The molecule has 5 amide bonds. The molecule has 12 heteroatoms. The first kappa shape index (κ1) is 39.0. The fourth-order valence-electron chi connectivity index (χ4n) is 11.4. The lowest BCUT2D eigenvalue weighted by molar-refractivity contribution is -0.143. The van der Waals surface area contributed by atoms with Crippen LogP contribution in [0, 0.1) is 27.6 Å². The van der Waals surface area contributed by atoms with Gasteiger partial charge in [0, 0.05) is 31.6 Å². The van der Waals surface area contributed by atoms with E-state index in [0.717, 1.165) is 90.3 Å². The average Bonchev–Trinajstić information content (AvgIpc) is 3.22. The molecule has 0 radical (unpaired) electrons. The Hall–Kier alpha value is -2.73. The van der Waals surface area contributed by atoms with Crippen molar-refractivity contribution < 1.29 is 28.7 Å². The highest BCUT2D eigenvalue weighted by molar-refractivity contribution is 6.37. The van der Waals surface area contributed by atoms with Crippen molar-refractivity contribution in [2.45, 2.75) is 168 Å². The number of nitrogens with one attached hydrogen (secondary N) is 3. The van der Waals surface area contributed by atoms with Crippen LogP contribution in [0.2, 0.25) is 0 Å². The normalized spacial score (nSPS) is 31.9. The minimum atomic E-state index is -1.06. The van der Waals surface area contributed by atoms with Gasteiger partial charge in [-0.25, -0.2) is 4.79 Å². The molecule has 2 aliphatic heterocycles. The number of rotatable bonds is 11. The number of amides is 5. The number of likely N-dealkylation sites (tertiary alicyclic amines) is 1. The summed E-state index contributed by atoms with van der Waals surface area (Å²) < 4.78 is 5.98. The average molecular weight is 727 g/mol. The second-order valence-electron chi connectivity index (χ2n) is 19.3. The van der Waals surface area contributed by atoms with Crippen LogP contribution < -0.4 is 21.7 Å². The Morgan fingerprint density at radius 1 is 0.865 bits per heavy atom. The Kier molecular flexibility index (Phi) is 10.6. The number of Topliss-reactive ketones (excluding diaryl/α,β-unsaturated/α-hetero) is 1. The lowest BCUT2D eigenvalue weighted by Crippen LogP contribution is -2.64. The molecule has 52 heavy (non-hydrogen) atoms. The zero-order valence-electron chi connectivity index (χ0n) is 32.9. The van der Waals surface area contributed by atoms with E-state index in [4.69, 9.17) is 10.5 Å². The minimum absolute atomic E-state index is 0.0613. The highest BCUT2D eigenvalue weighted by atomic mass is 16.5. The summed E-state index contributed by atoms with van der Waals surface area (Å²) in [6.07, 6.45) is 12.2. The van der Waals surface area contributed by atoms with Crippen molar-refractivity contribution in [2.75, 3.05) is 26.2 Å². The Morgan fingerprint density at radius 3 is 2.00 bits per heavy atom. The molecule has 0 aromatic rings. The number of hydrogen-bond acceptors (Lipinski definition) is 7. The van der Waals surface area contributed by atoms with E-state index < -0.39 is 46.7 Å². The van der Waals surface area contributed by atoms with Gasteiger partial charge in [-0.3, -0.25) is 24.1 Å². The van der Waals surface area contributed by atoms with E-state index in [1.165, 1.54) is 0 Å². The zero-order valence-corrected chi connectivity index (χ0v) is 32.9. The molecule has 6 rings (SSSR count). The highest BCUT2D eigenvalue weighted by Crippen LogP contribution is 2.88. The van der Waals surface area contributed by atoms with E-state index in [1.807, 2.05) is 20.8 Å². The van der Waals surface area contributed by atoms with E-state index >= 15 is 0 Å². The lowest BCUT2D eigenvalue weighted by Gasteiger charge is -2.45. The molecule has 5 N–H and O–H groups in total. The summed E-state index contributed by atoms with van der Waals surface area (Å²) >= 11 is 0. The third-order valence-electron chi connectivity index (χ3n) is 14.7. The van der Waals surface area contributed by atoms with Crippen LogP contribution in [0.25, 0.3) is 0 Å². The van der Waals surface area contributed by atoms with Gasteiger partial charge in [0.05, 0.1) is 23.8 Å². The number of ether oxygens (including phenoxy) is 1. The summed E-state index contributed by atoms with van der Waals surface area (Å²) in [6, 6.07) is -3.12. The van der Waals surface area contributed by atoms with Crippen LogP contribution in [-0.2, 0) is 23.9 Å². The molecule has 2 unspecified atom stereocenters. The van der Waals surface area contributed by atoms with Gasteiger partial charge in [-0.1, -0.05) is 79.6 Å². The number of nitrogens with zero attached hydrogens (tertiary/aromatic N) is 2. The molecule has 0 bridgehead atoms. The maximum Gasteiger partial charge on any atom is 0.315 e. The molecule has 4 saturated carbocycles. The summed E-state index contributed by atoms with van der Waals surface area (Å²) in [5.74, 6) is -2.32. The quantitative estimate of drug-likeness (QED) is 0.234. The zero-order chi connectivity index (χ0) is 37.9. The largest absolute Gasteiger partial charge is 0.373 e. The van der Waals surface area contributed by atoms with Gasteiger partial charge in [0.2, 0.25) is 17.6 Å². The van der Waals surface area contributed by atoms with Gasteiger partial charge >= 0.3 is 6.03 Å². The maximum atomic E-state index is 14.9. The molecule has 4 aliphatic carbocycles. The van der Waals surface area contributed by atoms with Crippen LogP contribution >= 0.6 is 0 Å². The number of morpholine rings is 1. The minimum Gasteiger partial charge on any atom is -0.373 e. The first-order valence-corrected chi connectivity index (χ1v) is 20.2. The van der Waals surface area contributed by atoms with Gasteiger partial charge in [-0.05, 0) is 74.5 Å². The van der Waals surface area contributed by atoms with Gasteiger partial charge in [0.1, 0.15) is 12.1 Å². The second-order valence-corrected chi connectivity index (χ2v) is 19.3. The molecule has 6 atom stereocenters. The predicted molar refractivity (Wildman–Crippen MR) is 198 cm³/mol. The van der Waals surface area contributed by atoms with Crippen molar-refractivity contribution in [2.24, 2.45) is 33.3 Å². The molecule has 12 nitrogen and oxygen atoms in total. The van der Waals surface area contributed by atoms with Crippen LogP contribution in [0.4, 0.5) is 4.79 Å². The highest BCUT2D eigenvalue weighted by Gasteiger charge is 2.85. The summed E-state index contributed by atoms with van der Waals surface area (Å²) in [5, 5.41) is 9.41. The predicted octanol–water partition coefficient (Wildman–Crippen LogP) is 4.04. The van der Waals surface area contributed by atoms with Gasteiger partial charge in [-0.2, -0.15) is 0 Å². The van der Waals surface area contributed by atoms with Crippen LogP contribution in [0.15, 0.2) is 0 Å². The molecule has 0 aromatic carbocycles. The molecule has 0 aromatic heterocycles. The van der Waals surface area contributed by atoms with Gasteiger partial charge in [0.15, 0.2) is 0 Å². The summed E-state index contributed by atoms with van der Waals surface area (Å²) in [4.78, 5) is 72.5. The van der Waals surface area contributed by atoms with E-state index in [1.54, 1.807) is 4.90 Å². The van der Waals surface area contributed by atoms with Crippen molar-refractivity contribution in [3.05, 3.63) is 0 Å². The van der Waals surface area contributed by atoms with Crippen LogP contribution in [-0.4, -0.2) is 101 Å². The molecular formula is C40H66N6O6. The van der Waals surface area contributed by atoms with Crippen LogP contribution in [0.5, 0.6) is 0 Å². The number of hydrogen-bond donors (Lipinski definition) is 4. The number of ketones is 1. The van der Waals surface area contributed by atoms with E-state index in [-0.39, 0.29) is 46.3 Å². The SMILES string of the molecule is C[C@H]1CN(CC2(NC(=O)N[C@H](C(=O)N3CC4(C[C@H]3C(=O)NC(CC3CCC3)C(=O)C(N)=O)C(C)(C)C43CCC3)C(C)(C)C)CCCCC2)C[C@H](C)O1. The van der Waals surface area contributed by atoms with Gasteiger partial charge in [0.25, 0.3) is 5.91 Å². The first-order chi connectivity index (χ1) is 24.3. The van der Waals surface area contributed by atoms with Crippen molar-refractivity contribution in [1.82, 2.24) is 25.8 Å². The molecular weight excluding hydrogens is 660 g/mol. The van der Waals surface area contributed by atoms with Crippen LogP contribution in [0.1, 0.15) is 132 Å². The summed E-state index contributed by atoms with van der Waals surface area (Å²) in [6.45, 7) is 17.3. The number of fused-ring (bicyclic) bond motifs is 1. The van der Waals surface area contributed by atoms with Crippen molar-refractivity contribution in [1.29, 1.82) is 0 Å². The number of primary amides is 1. The fourth-order valence-corrected chi connectivity index (χ4v) is 11.4. The number of urea groups is 1. The number of nitrogens with two attached hydrogens (primary N) is 1. The lowest BCUT2D eigenvalue weighted by atomic mass is 9.73. The molecule has 292 valence electrons. The van der Waals surface area contributed by atoms with Crippen LogP contribution in [0.3, 0.4) is 0 Å². The van der Waals surface area contributed by atoms with Gasteiger partial charge in [-0.15, -0.1) is 0 Å². The van der Waals surface area contributed by atoms with E-state index in [0.29, 0.717) is 19.4 Å². The number of carbonyl (C=O) groups is 5. The Balaban J connectivity index is 1.23. The molecule has 2 spiro atoms. The first-order valence-electron chi connectivity index (χ1n) is 20.2. The van der Waals surface area contributed by atoms with E-state index in [2.05, 4.69) is 48.5 Å². The summed E-state index contributed by atoms with van der Waals surface area (Å²) in [7, 11) is 0. The third kappa shape index (κ3) is 7.00. The third-order valence-corrected chi connectivity index (χ3v) is 14.7. The maximum absolute atomic E-state index is 14.9.